The molecular weight excluding hydrogens is 252 g/mol. The summed E-state index contributed by atoms with van der Waals surface area (Å²) in [6.07, 6.45) is -2.34. The summed E-state index contributed by atoms with van der Waals surface area (Å²) in [7, 11) is -4.70. The average molecular weight is 268 g/mol. The molecule has 0 saturated carbocycles. The summed E-state index contributed by atoms with van der Waals surface area (Å²) >= 11 is 0. The molecule has 0 bridgehead atoms. The van der Waals surface area contributed by atoms with Crippen molar-refractivity contribution in [2.24, 2.45) is 11.5 Å². The van der Waals surface area contributed by atoms with E-state index >= 15 is 0 Å². The Morgan fingerprint density at radius 3 is 2.12 bits per heavy atom. The van der Waals surface area contributed by atoms with Crippen LogP contribution in [0.4, 0.5) is 0 Å². The van der Waals surface area contributed by atoms with Gasteiger partial charge in [0.15, 0.2) is 0 Å². The topological polar surface area (TPSA) is 142 Å². The quantitative estimate of drug-likeness (QED) is 0.290. The zero-order valence-electron chi connectivity index (χ0n) is 9.33. The molecule has 0 amide bonds. The maximum absolute atomic E-state index is 11.2. The van der Waals surface area contributed by atoms with Crippen molar-refractivity contribution in [3.63, 3.8) is 0 Å². The summed E-state index contributed by atoms with van der Waals surface area (Å²) in [6, 6.07) is 0. The molecule has 100 valence electrons. The number of nitrogens with two attached hydrogens (primary N) is 2. The lowest BCUT2D eigenvalue weighted by Crippen LogP contribution is -2.44. The Kier molecular flexibility index (Phi) is 6.27. The highest BCUT2D eigenvalue weighted by Gasteiger charge is 2.28. The Hall–Kier alpha value is -1.00. The Bertz CT molecular complexity index is 379. The standard InChI is InChI=1S/C8H16N2O6S/c1-5(2)8(11)15-6(3-9)7(4-10)16-17(12,13)14/h6-7H,1,3-4,9-10H2,2H3,(H,12,13,14). The van der Waals surface area contributed by atoms with Crippen LogP contribution in [0.5, 0.6) is 0 Å². The predicted molar refractivity (Wildman–Crippen MR) is 59.2 cm³/mol. The van der Waals surface area contributed by atoms with E-state index in [2.05, 4.69) is 10.8 Å². The molecule has 0 spiro atoms. The molecule has 2 unspecified atom stereocenters. The van der Waals surface area contributed by atoms with Gasteiger partial charge in [-0.2, -0.15) is 8.42 Å². The third-order valence-electron chi connectivity index (χ3n) is 1.73. The molecule has 2 atom stereocenters. The minimum atomic E-state index is -4.70. The first kappa shape index (κ1) is 16.0. The minimum absolute atomic E-state index is 0.117. The second-order valence-electron chi connectivity index (χ2n) is 3.26. The largest absolute Gasteiger partial charge is 0.455 e. The zero-order valence-corrected chi connectivity index (χ0v) is 10.1. The molecule has 0 aromatic carbocycles. The van der Waals surface area contributed by atoms with Crippen molar-refractivity contribution in [1.82, 2.24) is 0 Å². The molecular formula is C8H16N2O6S. The third-order valence-corrected chi connectivity index (χ3v) is 2.22. The van der Waals surface area contributed by atoms with Gasteiger partial charge < -0.3 is 16.2 Å². The van der Waals surface area contributed by atoms with Gasteiger partial charge in [-0.3, -0.25) is 4.55 Å². The van der Waals surface area contributed by atoms with Crippen molar-refractivity contribution in [2.75, 3.05) is 13.1 Å². The van der Waals surface area contributed by atoms with E-state index in [1.165, 1.54) is 6.92 Å². The number of hydrogen-bond acceptors (Lipinski definition) is 7. The zero-order chi connectivity index (χ0) is 13.6. The number of ether oxygens (including phenoxy) is 1. The monoisotopic (exact) mass is 268 g/mol. The number of carbonyl (C=O) groups is 1. The van der Waals surface area contributed by atoms with E-state index in [1.54, 1.807) is 0 Å². The van der Waals surface area contributed by atoms with Gasteiger partial charge in [0.1, 0.15) is 12.2 Å². The van der Waals surface area contributed by atoms with Gasteiger partial charge in [0.25, 0.3) is 0 Å². The van der Waals surface area contributed by atoms with Gasteiger partial charge >= 0.3 is 16.4 Å². The maximum atomic E-state index is 11.2. The van der Waals surface area contributed by atoms with Crippen molar-refractivity contribution >= 4 is 16.4 Å². The van der Waals surface area contributed by atoms with Crippen LogP contribution in [0.3, 0.4) is 0 Å². The highest BCUT2D eigenvalue weighted by atomic mass is 32.3. The van der Waals surface area contributed by atoms with Crippen LogP contribution in [0.2, 0.25) is 0 Å². The second kappa shape index (κ2) is 6.67. The van der Waals surface area contributed by atoms with Crippen LogP contribution in [-0.4, -0.2) is 44.2 Å². The average Bonchev–Trinajstić information content (AvgIpc) is 2.20. The fourth-order valence-corrected chi connectivity index (χ4v) is 1.44. The van der Waals surface area contributed by atoms with Crippen LogP contribution >= 0.6 is 0 Å². The van der Waals surface area contributed by atoms with E-state index < -0.39 is 28.6 Å². The Labute approximate surface area is 99.5 Å². The SMILES string of the molecule is C=C(C)C(=O)OC(CN)C(CN)OS(=O)(=O)O. The van der Waals surface area contributed by atoms with Crippen LogP contribution in [0.1, 0.15) is 6.92 Å². The summed E-state index contributed by atoms with van der Waals surface area (Å²) in [6.45, 7) is 4.25. The highest BCUT2D eigenvalue weighted by Crippen LogP contribution is 2.08. The predicted octanol–water partition coefficient (Wildman–Crippen LogP) is -1.42. The van der Waals surface area contributed by atoms with Crippen molar-refractivity contribution in [1.29, 1.82) is 0 Å². The molecule has 5 N–H and O–H groups in total. The number of hydrogen-bond donors (Lipinski definition) is 3. The van der Waals surface area contributed by atoms with Crippen molar-refractivity contribution in [2.45, 2.75) is 19.1 Å². The Morgan fingerprint density at radius 2 is 1.82 bits per heavy atom. The third kappa shape index (κ3) is 6.34. The van der Waals surface area contributed by atoms with Gasteiger partial charge in [-0.15, -0.1) is 0 Å². The first-order valence-corrected chi connectivity index (χ1v) is 6.00. The highest BCUT2D eigenvalue weighted by molar-refractivity contribution is 7.80. The fourth-order valence-electron chi connectivity index (χ4n) is 0.923. The van der Waals surface area contributed by atoms with Gasteiger partial charge in [-0.1, -0.05) is 6.58 Å². The van der Waals surface area contributed by atoms with Crippen LogP contribution in [0, 0.1) is 0 Å². The summed E-state index contributed by atoms with van der Waals surface area (Å²) < 4.78 is 38.6. The van der Waals surface area contributed by atoms with Crippen molar-refractivity contribution < 1.29 is 26.7 Å². The molecule has 0 fully saturated rings. The molecule has 0 rings (SSSR count). The van der Waals surface area contributed by atoms with Gasteiger partial charge in [0, 0.05) is 18.7 Å². The van der Waals surface area contributed by atoms with E-state index in [9.17, 15) is 13.2 Å². The minimum Gasteiger partial charge on any atom is -0.455 e. The van der Waals surface area contributed by atoms with Crippen molar-refractivity contribution in [3.05, 3.63) is 12.2 Å². The molecule has 8 nitrogen and oxygen atoms in total. The molecule has 0 aliphatic carbocycles. The molecule has 0 radical (unpaired) electrons. The summed E-state index contributed by atoms with van der Waals surface area (Å²) in [4.78, 5) is 11.2. The number of esters is 1. The summed E-state index contributed by atoms with van der Waals surface area (Å²) in [5.74, 6) is -0.752. The molecule has 0 aliphatic heterocycles. The summed E-state index contributed by atoms with van der Waals surface area (Å²) in [5.41, 5.74) is 10.7. The van der Waals surface area contributed by atoms with Gasteiger partial charge in [-0.25, -0.2) is 8.98 Å². The van der Waals surface area contributed by atoms with Gasteiger partial charge in [-0.05, 0) is 6.92 Å². The summed E-state index contributed by atoms with van der Waals surface area (Å²) in [5, 5.41) is 0. The lowest BCUT2D eigenvalue weighted by atomic mass is 10.2. The van der Waals surface area contributed by atoms with Gasteiger partial charge in [0.05, 0.1) is 0 Å². The fraction of sp³-hybridized carbons (Fsp3) is 0.625. The van der Waals surface area contributed by atoms with E-state index in [1.807, 2.05) is 0 Å². The number of rotatable bonds is 7. The lowest BCUT2D eigenvalue weighted by Gasteiger charge is -2.23. The van der Waals surface area contributed by atoms with Gasteiger partial charge in [0.2, 0.25) is 0 Å². The van der Waals surface area contributed by atoms with E-state index in [4.69, 9.17) is 20.8 Å². The smallest absolute Gasteiger partial charge is 0.397 e. The van der Waals surface area contributed by atoms with Crippen LogP contribution in [-0.2, 0) is 24.1 Å². The molecule has 0 heterocycles. The molecule has 0 aliphatic rings. The number of carbonyl (C=O) groups excluding carboxylic acids is 1. The molecule has 0 saturated heterocycles. The Balaban J connectivity index is 4.71. The van der Waals surface area contributed by atoms with Crippen LogP contribution in [0.15, 0.2) is 12.2 Å². The lowest BCUT2D eigenvalue weighted by molar-refractivity contribution is -0.148. The van der Waals surface area contributed by atoms with Crippen LogP contribution < -0.4 is 11.5 Å². The van der Waals surface area contributed by atoms with E-state index in [-0.39, 0.29) is 18.7 Å². The second-order valence-corrected chi connectivity index (χ2v) is 4.31. The first-order chi connectivity index (χ1) is 7.71. The van der Waals surface area contributed by atoms with E-state index in [0.717, 1.165) is 0 Å². The first-order valence-electron chi connectivity index (χ1n) is 4.63. The maximum Gasteiger partial charge on any atom is 0.397 e. The molecule has 0 aromatic rings. The molecule has 9 heteroatoms. The van der Waals surface area contributed by atoms with Crippen molar-refractivity contribution in [3.8, 4) is 0 Å². The molecule has 0 aromatic heterocycles. The van der Waals surface area contributed by atoms with Crippen LogP contribution in [0.25, 0.3) is 0 Å². The normalized spacial score (nSPS) is 15.1. The molecule has 17 heavy (non-hydrogen) atoms. The van der Waals surface area contributed by atoms with E-state index in [0.29, 0.717) is 0 Å². The Morgan fingerprint density at radius 1 is 1.35 bits per heavy atom.